The first-order chi connectivity index (χ1) is 12.8. The molecular formula is C21H25FN2O2S. The van der Waals surface area contributed by atoms with Gasteiger partial charge in [-0.15, -0.1) is 0 Å². The molecule has 1 N–H and O–H groups in total. The third kappa shape index (κ3) is 2.95. The lowest BCUT2D eigenvalue weighted by Gasteiger charge is -2.32. The largest absolute Gasteiger partial charge is 0.370 e. The van der Waals surface area contributed by atoms with E-state index in [2.05, 4.69) is 31.1 Å². The van der Waals surface area contributed by atoms with E-state index in [9.17, 15) is 12.8 Å². The Morgan fingerprint density at radius 3 is 2.33 bits per heavy atom. The van der Waals surface area contributed by atoms with Gasteiger partial charge < -0.3 is 10.2 Å². The van der Waals surface area contributed by atoms with Crippen LogP contribution in [0.2, 0.25) is 0 Å². The Labute approximate surface area is 160 Å². The van der Waals surface area contributed by atoms with Crippen LogP contribution >= 0.6 is 0 Å². The molecule has 0 spiro atoms. The average molecular weight is 389 g/mol. The van der Waals surface area contributed by atoms with Crippen molar-refractivity contribution in [1.29, 1.82) is 0 Å². The first kappa shape index (κ1) is 18.4. The molecule has 27 heavy (non-hydrogen) atoms. The smallest absolute Gasteiger partial charge is 0.206 e. The van der Waals surface area contributed by atoms with E-state index in [1.54, 1.807) is 6.07 Å². The Balaban J connectivity index is 1.80. The quantitative estimate of drug-likeness (QED) is 0.801. The minimum absolute atomic E-state index is 0.121. The molecule has 2 aromatic rings. The molecule has 0 bridgehead atoms. The molecule has 1 saturated heterocycles. The zero-order chi connectivity index (χ0) is 19.3. The second-order valence-corrected chi connectivity index (χ2v) is 9.87. The topological polar surface area (TPSA) is 49.4 Å². The van der Waals surface area contributed by atoms with Crippen molar-refractivity contribution in [3.8, 4) is 0 Å². The molecule has 0 aliphatic carbocycles. The number of nitrogens with one attached hydrogen (secondary N) is 1. The molecule has 144 valence electrons. The molecule has 2 aliphatic heterocycles. The summed E-state index contributed by atoms with van der Waals surface area (Å²) in [5.41, 5.74) is 2.22. The second-order valence-electron chi connectivity index (χ2n) is 7.92. The number of anilines is 1. The van der Waals surface area contributed by atoms with Gasteiger partial charge >= 0.3 is 0 Å². The van der Waals surface area contributed by atoms with Crippen LogP contribution in [0.25, 0.3) is 0 Å². The van der Waals surface area contributed by atoms with Crippen LogP contribution in [0.1, 0.15) is 25.3 Å². The van der Waals surface area contributed by atoms with Crippen LogP contribution < -0.4 is 10.2 Å². The Bertz CT molecular complexity index is 959. The molecular weight excluding hydrogens is 363 g/mol. The molecule has 2 aliphatic rings. The minimum Gasteiger partial charge on any atom is -0.370 e. The molecule has 3 unspecified atom stereocenters. The maximum absolute atomic E-state index is 13.2. The molecule has 4 rings (SSSR count). The molecule has 2 aromatic carbocycles. The van der Waals surface area contributed by atoms with Gasteiger partial charge in [-0.05, 0) is 73.0 Å². The molecule has 4 nitrogen and oxygen atoms in total. The van der Waals surface area contributed by atoms with Crippen LogP contribution in [-0.4, -0.2) is 34.6 Å². The number of hydrogen-bond acceptors (Lipinski definition) is 4. The fourth-order valence-electron chi connectivity index (χ4n) is 4.79. The summed E-state index contributed by atoms with van der Waals surface area (Å²) >= 11 is 0. The molecule has 2 heterocycles. The lowest BCUT2D eigenvalue weighted by Crippen LogP contribution is -2.39. The van der Waals surface area contributed by atoms with Crippen LogP contribution in [0, 0.1) is 17.7 Å². The van der Waals surface area contributed by atoms with Crippen LogP contribution in [0.5, 0.6) is 0 Å². The summed E-state index contributed by atoms with van der Waals surface area (Å²) in [6, 6.07) is 10.8. The molecule has 6 heteroatoms. The zero-order valence-electron chi connectivity index (χ0n) is 15.8. The lowest BCUT2D eigenvalue weighted by molar-refractivity contribution is 0.374. The van der Waals surface area contributed by atoms with Gasteiger partial charge in [0.2, 0.25) is 9.84 Å². The summed E-state index contributed by atoms with van der Waals surface area (Å²) < 4.78 is 39.3. The summed E-state index contributed by atoms with van der Waals surface area (Å²) in [6.07, 6.45) is 0. The van der Waals surface area contributed by atoms with Crippen LogP contribution in [0.4, 0.5) is 10.1 Å². The van der Waals surface area contributed by atoms with Crippen molar-refractivity contribution < 1.29 is 12.8 Å². The fourth-order valence-corrected chi connectivity index (χ4v) is 6.08. The van der Waals surface area contributed by atoms with Gasteiger partial charge in [-0.3, -0.25) is 0 Å². The van der Waals surface area contributed by atoms with Crippen LogP contribution in [0.15, 0.2) is 52.3 Å². The number of nitrogens with zero attached hydrogens (tertiary/aromatic N) is 1. The Kier molecular flexibility index (Phi) is 4.51. The molecule has 1 fully saturated rings. The molecule has 0 saturated carbocycles. The van der Waals surface area contributed by atoms with Crippen molar-refractivity contribution in [2.75, 3.05) is 25.0 Å². The number of rotatable bonds is 2. The number of halogens is 1. The van der Waals surface area contributed by atoms with Gasteiger partial charge in [0.25, 0.3) is 0 Å². The van der Waals surface area contributed by atoms with Gasteiger partial charge in [0.05, 0.1) is 9.79 Å². The summed E-state index contributed by atoms with van der Waals surface area (Å²) in [6.45, 7) is 6.37. The SMILES string of the molecule is CC1CNCC(C)[C@@H]2c3cc(S(=O)(=O)c4ccc(F)cc4)ccc3N(C)C12. The Morgan fingerprint density at radius 1 is 1.00 bits per heavy atom. The first-order valence-electron chi connectivity index (χ1n) is 9.39. The third-order valence-corrected chi connectivity index (χ3v) is 7.88. The number of hydrogen-bond donors (Lipinski definition) is 1. The second kappa shape index (κ2) is 6.60. The highest BCUT2D eigenvalue weighted by Gasteiger charge is 2.44. The predicted octanol–water partition coefficient (Wildman–Crippen LogP) is 3.44. The highest BCUT2D eigenvalue weighted by atomic mass is 32.2. The van der Waals surface area contributed by atoms with Gasteiger partial charge in [-0.1, -0.05) is 13.8 Å². The van der Waals surface area contributed by atoms with Crippen molar-refractivity contribution >= 4 is 15.5 Å². The van der Waals surface area contributed by atoms with Crippen LogP contribution in [0.3, 0.4) is 0 Å². The van der Waals surface area contributed by atoms with E-state index < -0.39 is 15.7 Å². The van der Waals surface area contributed by atoms with Gasteiger partial charge in [-0.25, -0.2) is 12.8 Å². The summed E-state index contributed by atoms with van der Waals surface area (Å²) in [7, 11) is -1.57. The van der Waals surface area contributed by atoms with Gasteiger partial charge in [-0.2, -0.15) is 0 Å². The lowest BCUT2D eigenvalue weighted by atomic mass is 9.80. The summed E-state index contributed by atoms with van der Waals surface area (Å²) in [5, 5.41) is 3.52. The highest BCUT2D eigenvalue weighted by molar-refractivity contribution is 7.91. The molecule has 0 radical (unpaired) electrons. The van der Waals surface area contributed by atoms with E-state index in [4.69, 9.17) is 0 Å². The van der Waals surface area contributed by atoms with E-state index in [-0.39, 0.29) is 9.79 Å². The van der Waals surface area contributed by atoms with E-state index >= 15 is 0 Å². The van der Waals surface area contributed by atoms with Crippen molar-refractivity contribution in [3.63, 3.8) is 0 Å². The number of likely N-dealkylation sites (N-methyl/N-ethyl adjacent to an activating group) is 1. The van der Waals surface area contributed by atoms with Gasteiger partial charge in [0, 0.05) is 24.7 Å². The zero-order valence-corrected chi connectivity index (χ0v) is 16.6. The number of sulfone groups is 1. The summed E-state index contributed by atoms with van der Waals surface area (Å²) in [4.78, 5) is 2.71. The highest BCUT2D eigenvalue weighted by Crippen LogP contribution is 2.48. The molecule has 4 atom stereocenters. The van der Waals surface area contributed by atoms with Crippen LogP contribution in [-0.2, 0) is 9.84 Å². The Hall–Kier alpha value is -1.92. The van der Waals surface area contributed by atoms with Crippen molar-refractivity contribution in [1.82, 2.24) is 5.32 Å². The standard InChI is InChI=1S/C21H25FN2O2S/c1-13-11-23-12-14(2)21-20(13)18-10-17(8-9-19(18)24(21)3)27(25,26)16-6-4-15(22)5-7-16/h4-10,13-14,20-21,23H,11-12H2,1-3H3/t13?,14?,20-,21?/m1/s1. The third-order valence-electron chi connectivity index (χ3n) is 6.12. The van der Waals surface area contributed by atoms with E-state index in [1.807, 2.05) is 12.1 Å². The maximum atomic E-state index is 13.2. The van der Waals surface area contributed by atoms with Crippen molar-refractivity contribution in [2.24, 2.45) is 11.8 Å². The monoisotopic (exact) mass is 388 g/mol. The molecule has 0 amide bonds. The van der Waals surface area contributed by atoms with Gasteiger partial charge in [0.15, 0.2) is 0 Å². The average Bonchev–Trinajstić information content (AvgIpc) is 2.85. The number of fused-ring (bicyclic) bond motifs is 3. The first-order valence-corrected chi connectivity index (χ1v) is 10.9. The van der Waals surface area contributed by atoms with E-state index in [0.717, 1.165) is 24.3 Å². The molecule has 0 aromatic heterocycles. The van der Waals surface area contributed by atoms with Crippen molar-refractivity contribution in [2.45, 2.75) is 35.6 Å². The fraction of sp³-hybridized carbons (Fsp3) is 0.429. The Morgan fingerprint density at radius 2 is 1.63 bits per heavy atom. The normalized spacial score (nSPS) is 27.8. The van der Waals surface area contributed by atoms with Gasteiger partial charge in [0.1, 0.15) is 5.82 Å². The summed E-state index contributed by atoms with van der Waals surface area (Å²) in [5.74, 6) is 0.724. The van der Waals surface area contributed by atoms with E-state index in [1.165, 1.54) is 24.3 Å². The maximum Gasteiger partial charge on any atom is 0.206 e. The van der Waals surface area contributed by atoms with E-state index in [0.29, 0.717) is 23.8 Å². The number of benzene rings is 2. The predicted molar refractivity (Wildman–Crippen MR) is 104 cm³/mol. The minimum atomic E-state index is -3.67. The van der Waals surface area contributed by atoms with Crippen molar-refractivity contribution in [3.05, 3.63) is 53.8 Å².